The molecule has 0 fully saturated rings. The van der Waals surface area contributed by atoms with Crippen LogP contribution in [-0.2, 0) is 6.42 Å². The zero-order chi connectivity index (χ0) is 14.6. The molecular formula is C14H23Cl2N3. The van der Waals surface area contributed by atoms with E-state index in [0.717, 1.165) is 18.4 Å². The Hall–Kier alpha value is -0.320. The number of nitrogens with two attached hydrogens (primary N) is 1. The molecule has 1 aromatic carbocycles. The first-order valence-electron chi connectivity index (χ1n) is 6.42. The second kappa shape index (κ2) is 6.91. The minimum atomic E-state index is -0.0269. The highest BCUT2D eigenvalue weighted by molar-refractivity contribution is 6.42. The Balaban J connectivity index is 2.95. The number of nitrogens with one attached hydrogen (secondary N) is 1. The third-order valence-corrected chi connectivity index (χ3v) is 4.85. The highest BCUT2D eigenvalue weighted by Gasteiger charge is 2.34. The molecule has 2 atom stereocenters. The van der Waals surface area contributed by atoms with Crippen LogP contribution in [0.5, 0.6) is 0 Å². The summed E-state index contributed by atoms with van der Waals surface area (Å²) in [5.74, 6) is 5.75. The molecule has 0 radical (unpaired) electrons. The molecule has 19 heavy (non-hydrogen) atoms. The normalized spacial score (nSPS) is 16.4. The van der Waals surface area contributed by atoms with Gasteiger partial charge in [0.05, 0.1) is 10.0 Å². The van der Waals surface area contributed by atoms with Crippen LogP contribution < -0.4 is 11.3 Å². The van der Waals surface area contributed by atoms with Gasteiger partial charge in [-0.2, -0.15) is 0 Å². The van der Waals surface area contributed by atoms with Gasteiger partial charge in [-0.1, -0.05) is 36.2 Å². The number of hydrogen-bond donors (Lipinski definition) is 2. The first-order valence-corrected chi connectivity index (χ1v) is 7.18. The predicted octanol–water partition coefficient (Wildman–Crippen LogP) is 3.10. The molecule has 2 unspecified atom stereocenters. The van der Waals surface area contributed by atoms with Gasteiger partial charge in [0.2, 0.25) is 0 Å². The molecule has 0 heterocycles. The van der Waals surface area contributed by atoms with Gasteiger partial charge >= 0.3 is 0 Å². The summed E-state index contributed by atoms with van der Waals surface area (Å²) in [6.07, 6.45) is 1.80. The van der Waals surface area contributed by atoms with Crippen LogP contribution in [0, 0.1) is 0 Å². The average molecular weight is 304 g/mol. The van der Waals surface area contributed by atoms with Crippen molar-refractivity contribution in [3.63, 3.8) is 0 Å². The predicted molar refractivity (Wildman–Crippen MR) is 83.7 cm³/mol. The highest BCUT2D eigenvalue weighted by atomic mass is 35.5. The quantitative estimate of drug-likeness (QED) is 0.627. The summed E-state index contributed by atoms with van der Waals surface area (Å²) in [4.78, 5) is 2.20. The second-order valence-corrected chi connectivity index (χ2v) is 6.09. The molecule has 0 aliphatic carbocycles. The van der Waals surface area contributed by atoms with Crippen LogP contribution in [0.15, 0.2) is 18.2 Å². The molecule has 0 bridgehead atoms. The summed E-state index contributed by atoms with van der Waals surface area (Å²) in [6.45, 7) is 4.37. The number of hydrazine groups is 1. The molecule has 108 valence electrons. The van der Waals surface area contributed by atoms with E-state index in [-0.39, 0.29) is 11.6 Å². The van der Waals surface area contributed by atoms with Crippen molar-refractivity contribution < 1.29 is 0 Å². The van der Waals surface area contributed by atoms with Crippen LogP contribution >= 0.6 is 23.2 Å². The standard InChI is InChI=1S/C14H23Cl2N3/c1-5-14(2,19(3)4)13(18-17)9-10-6-7-11(15)12(16)8-10/h6-8,13,18H,5,9,17H2,1-4H3. The second-order valence-electron chi connectivity index (χ2n) is 5.28. The molecule has 3 nitrogen and oxygen atoms in total. The van der Waals surface area contributed by atoms with Gasteiger partial charge in [0.1, 0.15) is 0 Å². The van der Waals surface area contributed by atoms with E-state index in [1.165, 1.54) is 0 Å². The van der Waals surface area contributed by atoms with E-state index in [1.54, 1.807) is 0 Å². The first kappa shape index (κ1) is 16.7. The van der Waals surface area contributed by atoms with Gasteiger partial charge in [0, 0.05) is 11.6 Å². The Bertz CT molecular complexity index is 423. The van der Waals surface area contributed by atoms with Crippen molar-refractivity contribution in [3.8, 4) is 0 Å². The summed E-state index contributed by atoms with van der Waals surface area (Å²) in [6, 6.07) is 5.85. The van der Waals surface area contributed by atoms with Crippen LogP contribution in [0.3, 0.4) is 0 Å². The lowest BCUT2D eigenvalue weighted by molar-refractivity contribution is 0.112. The molecule has 3 N–H and O–H groups in total. The van der Waals surface area contributed by atoms with E-state index in [4.69, 9.17) is 29.0 Å². The summed E-state index contributed by atoms with van der Waals surface area (Å²) in [7, 11) is 4.14. The summed E-state index contributed by atoms with van der Waals surface area (Å²) >= 11 is 12.0. The summed E-state index contributed by atoms with van der Waals surface area (Å²) in [5.41, 5.74) is 4.04. The molecule has 1 aromatic rings. The lowest BCUT2D eigenvalue weighted by Crippen LogP contribution is -2.59. The fourth-order valence-corrected chi connectivity index (χ4v) is 2.56. The first-order chi connectivity index (χ1) is 8.85. The van der Waals surface area contributed by atoms with Gasteiger partial charge in [-0.15, -0.1) is 0 Å². The van der Waals surface area contributed by atoms with Gasteiger partial charge in [-0.3, -0.25) is 11.3 Å². The fraction of sp³-hybridized carbons (Fsp3) is 0.571. The van der Waals surface area contributed by atoms with E-state index in [1.807, 2.05) is 18.2 Å². The Labute approximate surface area is 126 Å². The summed E-state index contributed by atoms with van der Waals surface area (Å²) in [5, 5.41) is 1.16. The van der Waals surface area contributed by atoms with Gasteiger partial charge in [-0.05, 0) is 51.6 Å². The van der Waals surface area contributed by atoms with Crippen LogP contribution in [-0.4, -0.2) is 30.6 Å². The smallest absolute Gasteiger partial charge is 0.0595 e. The maximum atomic E-state index is 6.06. The molecule has 0 aliphatic rings. The van der Waals surface area contributed by atoms with Crippen LogP contribution in [0.1, 0.15) is 25.8 Å². The molecule has 5 heteroatoms. The molecule has 0 spiro atoms. The SMILES string of the molecule is CCC(C)(C(Cc1ccc(Cl)c(Cl)c1)NN)N(C)C. The summed E-state index contributed by atoms with van der Waals surface area (Å²) < 4.78 is 0. The topological polar surface area (TPSA) is 41.3 Å². The van der Waals surface area contributed by atoms with E-state index in [9.17, 15) is 0 Å². The van der Waals surface area contributed by atoms with E-state index in [2.05, 4.69) is 38.3 Å². The fourth-order valence-electron chi connectivity index (χ4n) is 2.23. The van der Waals surface area contributed by atoms with E-state index in [0.29, 0.717) is 10.0 Å². The van der Waals surface area contributed by atoms with E-state index < -0.39 is 0 Å². The lowest BCUT2D eigenvalue weighted by Gasteiger charge is -2.42. The third kappa shape index (κ3) is 3.83. The third-order valence-electron chi connectivity index (χ3n) is 4.11. The maximum Gasteiger partial charge on any atom is 0.0595 e. The van der Waals surface area contributed by atoms with Crippen molar-refractivity contribution in [1.29, 1.82) is 0 Å². The maximum absolute atomic E-state index is 6.06. The Morgan fingerprint density at radius 2 is 1.95 bits per heavy atom. The van der Waals surface area contributed by atoms with Gasteiger partial charge in [-0.25, -0.2) is 0 Å². The largest absolute Gasteiger partial charge is 0.302 e. The number of nitrogens with zero attached hydrogens (tertiary/aromatic N) is 1. The molecule has 0 saturated heterocycles. The van der Waals surface area contributed by atoms with Gasteiger partial charge in [0.25, 0.3) is 0 Å². The van der Waals surface area contributed by atoms with Crippen LogP contribution in [0.2, 0.25) is 10.0 Å². The molecule has 0 aromatic heterocycles. The number of halogens is 2. The highest BCUT2D eigenvalue weighted by Crippen LogP contribution is 2.27. The number of hydrogen-bond acceptors (Lipinski definition) is 3. The van der Waals surface area contributed by atoms with Gasteiger partial charge in [0.15, 0.2) is 0 Å². The van der Waals surface area contributed by atoms with Crippen molar-refractivity contribution in [2.24, 2.45) is 5.84 Å². The minimum Gasteiger partial charge on any atom is -0.302 e. The number of likely N-dealkylation sites (N-methyl/N-ethyl adjacent to an activating group) is 1. The van der Waals surface area contributed by atoms with Crippen molar-refractivity contribution >= 4 is 23.2 Å². The zero-order valence-electron chi connectivity index (χ0n) is 12.0. The van der Waals surface area contributed by atoms with Crippen molar-refractivity contribution in [3.05, 3.63) is 33.8 Å². The zero-order valence-corrected chi connectivity index (χ0v) is 13.5. The Morgan fingerprint density at radius 3 is 2.37 bits per heavy atom. The Kier molecular flexibility index (Phi) is 6.09. The minimum absolute atomic E-state index is 0.0269. The Morgan fingerprint density at radius 1 is 1.32 bits per heavy atom. The van der Waals surface area contributed by atoms with E-state index >= 15 is 0 Å². The monoisotopic (exact) mass is 303 g/mol. The van der Waals surface area contributed by atoms with Crippen molar-refractivity contribution in [2.45, 2.75) is 38.3 Å². The van der Waals surface area contributed by atoms with Crippen molar-refractivity contribution in [2.75, 3.05) is 14.1 Å². The lowest BCUT2D eigenvalue weighted by atomic mass is 9.84. The van der Waals surface area contributed by atoms with Crippen LogP contribution in [0.4, 0.5) is 0 Å². The average Bonchev–Trinajstić information content (AvgIpc) is 2.38. The van der Waals surface area contributed by atoms with Gasteiger partial charge < -0.3 is 4.90 Å². The van der Waals surface area contributed by atoms with Crippen molar-refractivity contribution in [1.82, 2.24) is 10.3 Å². The molecular weight excluding hydrogens is 281 g/mol. The molecule has 0 saturated carbocycles. The molecule has 0 aliphatic heterocycles. The molecule has 1 rings (SSSR count). The molecule has 0 amide bonds. The number of rotatable bonds is 6. The number of benzene rings is 1. The van der Waals surface area contributed by atoms with Crippen LogP contribution in [0.25, 0.3) is 0 Å².